The number of halogens is 4. The van der Waals surface area contributed by atoms with Gasteiger partial charge in [-0.3, -0.25) is 0 Å². The fourth-order valence-electron chi connectivity index (χ4n) is 1.04. The van der Waals surface area contributed by atoms with Crippen molar-refractivity contribution in [3.05, 3.63) is 15.3 Å². The largest absolute Gasteiger partial charge is 0.573 e. The lowest BCUT2D eigenvalue weighted by Crippen LogP contribution is -2.20. The Labute approximate surface area is 113 Å². The van der Waals surface area contributed by atoms with Gasteiger partial charge in [0.1, 0.15) is 0 Å². The van der Waals surface area contributed by atoms with E-state index in [1.165, 1.54) is 7.11 Å². The van der Waals surface area contributed by atoms with Crippen LogP contribution in [0.3, 0.4) is 0 Å². The first kappa shape index (κ1) is 14.8. The van der Waals surface area contributed by atoms with Crippen LogP contribution in [-0.2, 0) is 4.74 Å². The van der Waals surface area contributed by atoms with Gasteiger partial charge in [-0.2, -0.15) is 0 Å². The van der Waals surface area contributed by atoms with E-state index in [-0.39, 0.29) is 9.45 Å². The second-order valence-electron chi connectivity index (χ2n) is 2.87. The van der Waals surface area contributed by atoms with E-state index in [4.69, 9.17) is 4.74 Å². The summed E-state index contributed by atoms with van der Waals surface area (Å²) < 4.78 is 49.6. The third-order valence-corrected chi connectivity index (χ3v) is 2.48. The summed E-state index contributed by atoms with van der Waals surface area (Å²) in [6.07, 6.45) is -4.93. The molecule has 0 aliphatic carbocycles. The van der Waals surface area contributed by atoms with Crippen LogP contribution in [0.4, 0.5) is 13.2 Å². The van der Waals surface area contributed by atoms with Crippen molar-refractivity contribution in [2.24, 2.45) is 0 Å². The molecule has 5 nitrogen and oxygen atoms in total. The Morgan fingerprint density at radius 1 is 1.39 bits per heavy atom. The molecule has 9 heteroatoms. The molecular weight excluding hydrogens is 370 g/mol. The first-order valence-electron chi connectivity index (χ1n) is 4.37. The molecule has 0 spiro atoms. The van der Waals surface area contributed by atoms with E-state index in [9.17, 15) is 18.0 Å². The van der Waals surface area contributed by atoms with Crippen molar-refractivity contribution >= 4 is 28.6 Å². The summed E-state index contributed by atoms with van der Waals surface area (Å²) in [5, 5.41) is 0. The molecule has 0 radical (unpaired) electrons. The molecule has 0 amide bonds. The van der Waals surface area contributed by atoms with Gasteiger partial charge < -0.3 is 14.2 Å². The van der Waals surface area contributed by atoms with E-state index in [0.29, 0.717) is 0 Å². The van der Waals surface area contributed by atoms with Gasteiger partial charge in [-0.25, -0.2) is 9.78 Å². The first-order chi connectivity index (χ1) is 8.28. The van der Waals surface area contributed by atoms with Crippen LogP contribution >= 0.6 is 22.6 Å². The number of hydrogen-bond acceptors (Lipinski definition) is 5. The molecule has 18 heavy (non-hydrogen) atoms. The van der Waals surface area contributed by atoms with Crippen molar-refractivity contribution < 1.29 is 32.2 Å². The zero-order valence-corrected chi connectivity index (χ0v) is 11.3. The van der Waals surface area contributed by atoms with E-state index < -0.39 is 23.8 Å². The van der Waals surface area contributed by atoms with Crippen LogP contribution in [-0.4, -0.2) is 31.5 Å². The van der Waals surface area contributed by atoms with Gasteiger partial charge in [-0.1, -0.05) is 0 Å². The summed E-state index contributed by atoms with van der Waals surface area (Å²) in [5.74, 6) is -1.78. The highest BCUT2D eigenvalue weighted by Crippen LogP contribution is 2.31. The minimum Gasteiger partial charge on any atom is -0.480 e. The van der Waals surface area contributed by atoms with Crippen molar-refractivity contribution in [2.45, 2.75) is 6.36 Å². The molecule has 0 atom stereocenters. The Balaban J connectivity index is 3.30. The quantitative estimate of drug-likeness (QED) is 0.598. The highest BCUT2D eigenvalue weighted by molar-refractivity contribution is 14.1. The molecule has 1 heterocycles. The molecule has 0 aliphatic rings. The minimum absolute atomic E-state index is 0.00512. The Kier molecular flexibility index (Phi) is 4.59. The summed E-state index contributed by atoms with van der Waals surface area (Å²) >= 11 is 1.70. The third-order valence-electron chi connectivity index (χ3n) is 1.71. The monoisotopic (exact) mass is 377 g/mol. The molecule has 0 aromatic carbocycles. The number of ether oxygens (including phenoxy) is 3. The van der Waals surface area contributed by atoms with Gasteiger partial charge in [-0.05, 0) is 22.6 Å². The van der Waals surface area contributed by atoms with Crippen LogP contribution in [0.5, 0.6) is 11.6 Å². The summed E-state index contributed by atoms with van der Waals surface area (Å²) in [5.41, 5.74) is -0.605. The molecule has 100 valence electrons. The smallest absolute Gasteiger partial charge is 0.480 e. The van der Waals surface area contributed by atoms with Gasteiger partial charge in [0.25, 0.3) is 0 Å². The standard InChI is InChI=1S/C9H7F3INO4/c1-16-7-4(13)3-5(18-9(10,11)12)6(14-7)8(15)17-2/h3H,1-2H3. The summed E-state index contributed by atoms with van der Waals surface area (Å²) in [6, 6.07) is 0.992. The second kappa shape index (κ2) is 5.59. The van der Waals surface area contributed by atoms with Crippen molar-refractivity contribution in [3.8, 4) is 11.6 Å². The molecule has 1 rings (SSSR count). The average Bonchev–Trinajstić information content (AvgIpc) is 2.26. The van der Waals surface area contributed by atoms with Gasteiger partial charge >= 0.3 is 12.3 Å². The molecule has 0 N–H and O–H groups in total. The second-order valence-corrected chi connectivity index (χ2v) is 4.03. The van der Waals surface area contributed by atoms with Crippen LogP contribution < -0.4 is 9.47 Å². The van der Waals surface area contributed by atoms with Gasteiger partial charge in [0.15, 0.2) is 11.4 Å². The Morgan fingerprint density at radius 3 is 2.44 bits per heavy atom. The molecule has 0 fully saturated rings. The summed E-state index contributed by atoms with van der Waals surface area (Å²) in [4.78, 5) is 14.9. The van der Waals surface area contributed by atoms with Crippen LogP contribution in [0, 0.1) is 3.57 Å². The van der Waals surface area contributed by atoms with Crippen molar-refractivity contribution in [1.29, 1.82) is 0 Å². The lowest BCUT2D eigenvalue weighted by atomic mass is 10.3. The van der Waals surface area contributed by atoms with E-state index >= 15 is 0 Å². The first-order valence-corrected chi connectivity index (χ1v) is 5.45. The SMILES string of the molecule is COC(=O)c1nc(OC)c(I)cc1OC(F)(F)F. The molecule has 1 aromatic rings. The Hall–Kier alpha value is -1.26. The lowest BCUT2D eigenvalue weighted by Gasteiger charge is -2.13. The maximum atomic E-state index is 12.2. The minimum atomic E-state index is -4.93. The lowest BCUT2D eigenvalue weighted by molar-refractivity contribution is -0.274. The van der Waals surface area contributed by atoms with E-state index in [2.05, 4.69) is 14.5 Å². The van der Waals surface area contributed by atoms with Gasteiger partial charge in [0.2, 0.25) is 5.88 Å². The Bertz CT molecular complexity index is 464. The molecular formula is C9H7F3INO4. The maximum absolute atomic E-state index is 12.2. The molecule has 0 saturated carbocycles. The van der Waals surface area contributed by atoms with Gasteiger partial charge in [0, 0.05) is 6.07 Å². The highest BCUT2D eigenvalue weighted by atomic mass is 127. The molecule has 1 aromatic heterocycles. The van der Waals surface area contributed by atoms with E-state index in [1.807, 2.05) is 0 Å². The number of nitrogens with zero attached hydrogens (tertiary/aromatic N) is 1. The van der Waals surface area contributed by atoms with Crippen LogP contribution in [0.1, 0.15) is 10.5 Å². The number of alkyl halides is 3. The molecule has 0 bridgehead atoms. The molecule has 0 saturated heterocycles. The topological polar surface area (TPSA) is 57.7 Å². The predicted octanol–water partition coefficient (Wildman–Crippen LogP) is 2.38. The number of pyridine rings is 1. The maximum Gasteiger partial charge on any atom is 0.573 e. The summed E-state index contributed by atoms with van der Waals surface area (Å²) in [6.45, 7) is 0. The van der Waals surface area contributed by atoms with E-state index in [1.54, 1.807) is 22.6 Å². The fraction of sp³-hybridized carbons (Fsp3) is 0.333. The zero-order chi connectivity index (χ0) is 13.9. The number of rotatable bonds is 3. The predicted molar refractivity (Wildman–Crippen MR) is 61.5 cm³/mol. The number of carbonyl (C=O) groups is 1. The average molecular weight is 377 g/mol. The van der Waals surface area contributed by atoms with Gasteiger partial charge in [0.05, 0.1) is 17.8 Å². The van der Waals surface area contributed by atoms with Crippen molar-refractivity contribution in [3.63, 3.8) is 0 Å². The fourth-order valence-corrected chi connectivity index (χ4v) is 1.67. The van der Waals surface area contributed by atoms with Crippen molar-refractivity contribution in [1.82, 2.24) is 4.98 Å². The van der Waals surface area contributed by atoms with Crippen LogP contribution in [0.2, 0.25) is 0 Å². The normalized spacial score (nSPS) is 11.0. The number of aromatic nitrogens is 1. The number of carbonyl (C=O) groups excluding carboxylic acids is 1. The summed E-state index contributed by atoms with van der Waals surface area (Å²) in [7, 11) is 2.29. The van der Waals surface area contributed by atoms with Gasteiger partial charge in [-0.15, -0.1) is 13.2 Å². The molecule has 0 unspecified atom stereocenters. The van der Waals surface area contributed by atoms with E-state index in [0.717, 1.165) is 13.2 Å². The van der Waals surface area contributed by atoms with Crippen LogP contribution in [0.15, 0.2) is 6.07 Å². The van der Waals surface area contributed by atoms with Crippen molar-refractivity contribution in [2.75, 3.05) is 14.2 Å². The van der Waals surface area contributed by atoms with Crippen LogP contribution in [0.25, 0.3) is 0 Å². The zero-order valence-electron chi connectivity index (χ0n) is 9.17. The molecule has 0 aliphatic heterocycles. The number of methoxy groups -OCH3 is 2. The third kappa shape index (κ3) is 3.62. The number of esters is 1. The Morgan fingerprint density at radius 2 is 2.00 bits per heavy atom. The number of hydrogen-bond donors (Lipinski definition) is 0. The highest BCUT2D eigenvalue weighted by Gasteiger charge is 2.34.